The number of anilines is 1. The van der Waals surface area contributed by atoms with Gasteiger partial charge in [-0.25, -0.2) is 8.42 Å². The molecule has 33 heavy (non-hydrogen) atoms. The minimum Gasteiger partial charge on any atom is -0.494 e. The lowest BCUT2D eigenvalue weighted by molar-refractivity contribution is -0.131. The molecule has 1 amide bonds. The molecule has 3 rings (SSSR count). The van der Waals surface area contributed by atoms with Gasteiger partial charge in [0.05, 0.1) is 18.0 Å². The van der Waals surface area contributed by atoms with Crippen molar-refractivity contribution in [1.29, 1.82) is 0 Å². The van der Waals surface area contributed by atoms with Gasteiger partial charge in [-0.3, -0.25) is 4.79 Å². The van der Waals surface area contributed by atoms with E-state index in [1.165, 1.54) is 10.4 Å². The number of sulfonamides is 1. The van der Waals surface area contributed by atoms with E-state index in [9.17, 15) is 13.2 Å². The molecule has 0 aromatic heterocycles. The van der Waals surface area contributed by atoms with Crippen molar-refractivity contribution in [2.24, 2.45) is 0 Å². The molecule has 0 saturated carbocycles. The second-order valence-electron chi connectivity index (χ2n) is 8.09. The molecule has 1 fully saturated rings. The number of benzene rings is 2. The highest BCUT2D eigenvalue weighted by molar-refractivity contribution is 7.89. The predicted octanol–water partition coefficient (Wildman–Crippen LogP) is 3.71. The first-order valence-corrected chi connectivity index (χ1v) is 13.0. The zero-order valence-corrected chi connectivity index (χ0v) is 21.2. The summed E-state index contributed by atoms with van der Waals surface area (Å²) < 4.78 is 33.1. The minimum atomic E-state index is -3.80. The Labute approximate surface area is 201 Å². The fourth-order valence-electron chi connectivity index (χ4n) is 3.99. The summed E-state index contributed by atoms with van der Waals surface area (Å²) in [5.41, 5.74) is 2.94. The quantitative estimate of drug-likeness (QED) is 0.560. The van der Waals surface area contributed by atoms with Gasteiger partial charge in [0.1, 0.15) is 5.75 Å². The topological polar surface area (TPSA) is 70.2 Å². The Hall–Kier alpha value is -2.29. The molecule has 1 aliphatic rings. The van der Waals surface area contributed by atoms with Crippen molar-refractivity contribution < 1.29 is 17.9 Å². The number of aryl methyl sites for hydroxylation is 2. The van der Waals surface area contributed by atoms with Crippen LogP contribution in [0.4, 0.5) is 5.69 Å². The summed E-state index contributed by atoms with van der Waals surface area (Å²) in [5.74, 6) is 0.467. The molecule has 0 N–H and O–H groups in total. The number of ether oxygens (including phenoxy) is 1. The van der Waals surface area contributed by atoms with Gasteiger partial charge in [-0.05, 0) is 62.2 Å². The second-order valence-corrected chi connectivity index (χ2v) is 10.5. The molecular weight excluding hydrogens is 462 g/mol. The van der Waals surface area contributed by atoms with Crippen LogP contribution in [-0.4, -0.2) is 69.4 Å². The van der Waals surface area contributed by atoms with Crippen LogP contribution < -0.4 is 9.64 Å². The molecule has 1 saturated heterocycles. The van der Waals surface area contributed by atoms with Crippen molar-refractivity contribution in [3.05, 3.63) is 52.5 Å². The molecule has 0 bridgehead atoms. The van der Waals surface area contributed by atoms with E-state index in [-0.39, 0.29) is 23.9 Å². The number of hydrogen-bond acceptors (Lipinski definition) is 5. The van der Waals surface area contributed by atoms with Crippen molar-refractivity contribution in [3.8, 4) is 5.75 Å². The number of hydrogen-bond donors (Lipinski definition) is 0. The standard InChI is InChI=1S/C24H32ClN3O4S/c1-5-28(33(30,31)21-9-10-23(32-6-2)19(4)15-21)17-24(29)27-13-11-26(12-14-27)22-16-20(25)8-7-18(22)3/h7-10,15-16H,5-6,11-14,17H2,1-4H3. The van der Waals surface area contributed by atoms with Crippen molar-refractivity contribution in [2.45, 2.75) is 32.6 Å². The van der Waals surface area contributed by atoms with Gasteiger partial charge in [-0.1, -0.05) is 24.6 Å². The van der Waals surface area contributed by atoms with Crippen molar-refractivity contribution >= 4 is 33.2 Å². The Morgan fingerprint density at radius 1 is 1.03 bits per heavy atom. The highest BCUT2D eigenvalue weighted by Crippen LogP contribution is 2.26. The van der Waals surface area contributed by atoms with Crippen LogP contribution in [0.1, 0.15) is 25.0 Å². The Bertz CT molecular complexity index is 1100. The number of amides is 1. The SMILES string of the molecule is CCOc1ccc(S(=O)(=O)N(CC)CC(=O)N2CCN(c3cc(Cl)ccc3C)CC2)cc1C. The van der Waals surface area contributed by atoms with Crippen LogP contribution in [0.2, 0.25) is 5.02 Å². The summed E-state index contributed by atoms with van der Waals surface area (Å²) in [6, 6.07) is 10.6. The molecule has 1 aliphatic heterocycles. The third-order valence-electron chi connectivity index (χ3n) is 5.89. The largest absolute Gasteiger partial charge is 0.494 e. The van der Waals surface area contributed by atoms with Crippen molar-refractivity contribution in [2.75, 3.05) is 50.8 Å². The lowest BCUT2D eigenvalue weighted by atomic mass is 10.1. The van der Waals surface area contributed by atoms with Crippen LogP contribution in [0.5, 0.6) is 5.75 Å². The number of likely N-dealkylation sites (N-methyl/N-ethyl adjacent to an activating group) is 1. The molecule has 0 unspecified atom stereocenters. The molecule has 0 radical (unpaired) electrons. The minimum absolute atomic E-state index is 0.166. The number of piperazine rings is 1. The van der Waals surface area contributed by atoms with E-state index in [1.54, 1.807) is 24.0 Å². The van der Waals surface area contributed by atoms with Crippen LogP contribution in [0.3, 0.4) is 0 Å². The molecule has 2 aromatic rings. The number of halogens is 1. The summed E-state index contributed by atoms with van der Waals surface area (Å²) in [6.07, 6.45) is 0. The lowest BCUT2D eigenvalue weighted by Crippen LogP contribution is -2.52. The maximum absolute atomic E-state index is 13.2. The monoisotopic (exact) mass is 493 g/mol. The summed E-state index contributed by atoms with van der Waals surface area (Å²) in [5, 5.41) is 0.683. The summed E-state index contributed by atoms with van der Waals surface area (Å²) in [7, 11) is -3.80. The van der Waals surface area contributed by atoms with E-state index in [0.717, 1.165) is 16.8 Å². The van der Waals surface area contributed by atoms with Gasteiger partial charge in [0, 0.05) is 43.4 Å². The molecule has 9 heteroatoms. The van der Waals surface area contributed by atoms with Gasteiger partial charge < -0.3 is 14.5 Å². The Morgan fingerprint density at radius 3 is 2.33 bits per heavy atom. The fourth-order valence-corrected chi connectivity index (χ4v) is 5.64. The van der Waals surface area contributed by atoms with Gasteiger partial charge in [0.15, 0.2) is 0 Å². The van der Waals surface area contributed by atoms with E-state index < -0.39 is 10.0 Å². The van der Waals surface area contributed by atoms with E-state index in [0.29, 0.717) is 43.6 Å². The fraction of sp³-hybridized carbons (Fsp3) is 0.458. The van der Waals surface area contributed by atoms with E-state index in [1.807, 2.05) is 39.0 Å². The highest BCUT2D eigenvalue weighted by Gasteiger charge is 2.29. The Morgan fingerprint density at radius 2 is 1.73 bits per heavy atom. The van der Waals surface area contributed by atoms with E-state index in [2.05, 4.69) is 4.90 Å². The third-order valence-corrected chi connectivity index (χ3v) is 8.04. The van der Waals surface area contributed by atoms with Gasteiger partial charge in [0.2, 0.25) is 15.9 Å². The smallest absolute Gasteiger partial charge is 0.243 e. The second kappa shape index (κ2) is 10.8. The third kappa shape index (κ3) is 5.80. The number of rotatable bonds is 8. The Balaban J connectivity index is 1.66. The number of carbonyl (C=O) groups is 1. The molecule has 1 heterocycles. The molecule has 0 atom stereocenters. The first-order valence-electron chi connectivity index (χ1n) is 11.2. The number of carbonyl (C=O) groups excluding carboxylic acids is 1. The lowest BCUT2D eigenvalue weighted by Gasteiger charge is -2.37. The van der Waals surface area contributed by atoms with Gasteiger partial charge in [-0.15, -0.1) is 0 Å². The first-order chi connectivity index (χ1) is 15.7. The van der Waals surface area contributed by atoms with E-state index in [4.69, 9.17) is 16.3 Å². The van der Waals surface area contributed by atoms with Crippen molar-refractivity contribution in [1.82, 2.24) is 9.21 Å². The molecule has 0 aliphatic carbocycles. The summed E-state index contributed by atoms with van der Waals surface area (Å²) in [6.45, 7) is 10.4. The summed E-state index contributed by atoms with van der Waals surface area (Å²) >= 11 is 6.16. The summed E-state index contributed by atoms with van der Waals surface area (Å²) in [4.78, 5) is 17.1. The van der Waals surface area contributed by atoms with Crippen LogP contribution in [-0.2, 0) is 14.8 Å². The molecule has 0 spiro atoms. The van der Waals surface area contributed by atoms with Gasteiger partial charge in [0.25, 0.3) is 0 Å². The maximum Gasteiger partial charge on any atom is 0.243 e. The van der Waals surface area contributed by atoms with Crippen LogP contribution in [0.25, 0.3) is 0 Å². The normalized spacial score (nSPS) is 14.6. The van der Waals surface area contributed by atoms with Gasteiger partial charge >= 0.3 is 0 Å². The maximum atomic E-state index is 13.2. The van der Waals surface area contributed by atoms with Crippen molar-refractivity contribution in [3.63, 3.8) is 0 Å². The van der Waals surface area contributed by atoms with Crippen LogP contribution in [0.15, 0.2) is 41.3 Å². The molecule has 180 valence electrons. The van der Waals surface area contributed by atoms with Crippen LogP contribution in [0, 0.1) is 13.8 Å². The number of nitrogens with zero attached hydrogens (tertiary/aromatic N) is 3. The first kappa shape index (κ1) is 25.3. The van der Waals surface area contributed by atoms with Crippen LogP contribution >= 0.6 is 11.6 Å². The predicted molar refractivity (Wildman–Crippen MR) is 132 cm³/mol. The zero-order chi connectivity index (χ0) is 24.2. The molecule has 7 nitrogen and oxygen atoms in total. The average molecular weight is 494 g/mol. The van der Waals surface area contributed by atoms with Gasteiger partial charge in [-0.2, -0.15) is 4.31 Å². The molecular formula is C24H32ClN3O4S. The average Bonchev–Trinajstić information content (AvgIpc) is 2.80. The highest BCUT2D eigenvalue weighted by atomic mass is 35.5. The Kier molecular flexibility index (Phi) is 8.26. The molecule has 2 aromatic carbocycles. The van der Waals surface area contributed by atoms with E-state index >= 15 is 0 Å². The zero-order valence-electron chi connectivity index (χ0n) is 19.7.